The molecule has 1 rings (SSSR count). The summed E-state index contributed by atoms with van der Waals surface area (Å²) in [4.78, 5) is 8.59. The number of benzene rings is 1. The van der Waals surface area contributed by atoms with E-state index in [4.69, 9.17) is 4.55 Å². The van der Waals surface area contributed by atoms with Gasteiger partial charge in [-0.3, -0.25) is 14.7 Å². The van der Waals surface area contributed by atoms with Crippen LogP contribution < -0.4 is 0 Å². The lowest BCUT2D eigenvalue weighted by Crippen LogP contribution is -2.02. The SMILES string of the molecule is O=[N+]([O-])c1[c]cccc1S(=O)(=O)O. The van der Waals surface area contributed by atoms with Crippen molar-refractivity contribution in [2.24, 2.45) is 0 Å². The zero-order chi connectivity index (χ0) is 10.1. The first-order valence-corrected chi connectivity index (χ1v) is 4.49. The summed E-state index contributed by atoms with van der Waals surface area (Å²) in [5, 5.41) is 10.3. The van der Waals surface area contributed by atoms with Crippen molar-refractivity contribution < 1.29 is 17.9 Å². The van der Waals surface area contributed by atoms with E-state index in [-0.39, 0.29) is 0 Å². The summed E-state index contributed by atoms with van der Waals surface area (Å²) in [6, 6.07) is 5.46. The highest BCUT2D eigenvalue weighted by atomic mass is 32.2. The molecule has 0 bridgehead atoms. The minimum Gasteiger partial charge on any atom is -0.282 e. The molecule has 69 valence electrons. The third kappa shape index (κ3) is 2.01. The minimum atomic E-state index is -4.55. The van der Waals surface area contributed by atoms with E-state index in [2.05, 4.69) is 6.07 Å². The first kappa shape index (κ1) is 9.62. The van der Waals surface area contributed by atoms with E-state index in [1.165, 1.54) is 12.1 Å². The standard InChI is InChI=1S/C6H4NO5S/c8-7(9)5-3-1-2-4-6(5)13(10,11)12/h1-2,4H,(H,10,11,12). The molecule has 0 atom stereocenters. The van der Waals surface area contributed by atoms with Gasteiger partial charge in [-0.25, -0.2) is 0 Å². The Morgan fingerprint density at radius 3 is 2.54 bits per heavy atom. The fraction of sp³-hybridized carbons (Fsp3) is 0. The number of hydrogen-bond acceptors (Lipinski definition) is 4. The van der Waals surface area contributed by atoms with Crippen molar-refractivity contribution in [3.05, 3.63) is 34.4 Å². The molecule has 0 aliphatic carbocycles. The summed E-state index contributed by atoms with van der Waals surface area (Å²) in [5.74, 6) is 0. The lowest BCUT2D eigenvalue weighted by Gasteiger charge is -1.96. The molecule has 6 nitrogen and oxygen atoms in total. The van der Waals surface area contributed by atoms with Gasteiger partial charge in [-0.1, -0.05) is 6.07 Å². The Labute approximate surface area is 73.7 Å². The molecule has 0 unspecified atom stereocenters. The van der Waals surface area contributed by atoms with E-state index >= 15 is 0 Å². The molecule has 0 aromatic heterocycles. The topological polar surface area (TPSA) is 97.5 Å². The van der Waals surface area contributed by atoms with Crippen LogP contribution in [0.2, 0.25) is 0 Å². The van der Waals surface area contributed by atoms with Crippen LogP contribution in [0, 0.1) is 16.2 Å². The van der Waals surface area contributed by atoms with Crippen LogP contribution in [-0.4, -0.2) is 17.9 Å². The van der Waals surface area contributed by atoms with Crippen LogP contribution in [0.4, 0.5) is 5.69 Å². The quantitative estimate of drug-likeness (QED) is 0.431. The fourth-order valence-electron chi connectivity index (χ4n) is 0.763. The van der Waals surface area contributed by atoms with Gasteiger partial charge in [0, 0.05) is 0 Å². The normalized spacial score (nSPS) is 11.2. The van der Waals surface area contributed by atoms with Gasteiger partial charge in [0.25, 0.3) is 5.69 Å². The predicted octanol–water partition coefficient (Wildman–Crippen LogP) is 0.642. The van der Waals surface area contributed by atoms with E-state index in [0.29, 0.717) is 0 Å². The Bertz CT molecular complexity index is 438. The van der Waals surface area contributed by atoms with Crippen LogP contribution >= 0.6 is 0 Å². The molecular weight excluding hydrogens is 198 g/mol. The van der Waals surface area contributed by atoms with Crippen LogP contribution in [0.15, 0.2) is 23.1 Å². The summed E-state index contributed by atoms with van der Waals surface area (Å²) in [6.07, 6.45) is 0. The lowest BCUT2D eigenvalue weighted by atomic mass is 10.3. The highest BCUT2D eigenvalue weighted by molar-refractivity contribution is 7.86. The maximum atomic E-state index is 10.6. The van der Waals surface area contributed by atoms with E-state index in [9.17, 15) is 18.5 Å². The third-order valence-electron chi connectivity index (χ3n) is 1.26. The largest absolute Gasteiger partial charge is 0.301 e. The van der Waals surface area contributed by atoms with Gasteiger partial charge in [-0.15, -0.1) is 0 Å². The van der Waals surface area contributed by atoms with Gasteiger partial charge < -0.3 is 0 Å². The Morgan fingerprint density at radius 1 is 1.54 bits per heavy atom. The molecule has 0 saturated carbocycles. The van der Waals surface area contributed by atoms with Gasteiger partial charge in [0.1, 0.15) is 0 Å². The minimum absolute atomic E-state index is 0.750. The van der Waals surface area contributed by atoms with Gasteiger partial charge in [-0.2, -0.15) is 8.42 Å². The van der Waals surface area contributed by atoms with Crippen molar-refractivity contribution in [1.82, 2.24) is 0 Å². The molecule has 1 N–H and O–H groups in total. The molecule has 0 amide bonds. The smallest absolute Gasteiger partial charge is 0.282 e. The fourth-order valence-corrected chi connectivity index (χ4v) is 1.39. The second-order valence-corrected chi connectivity index (χ2v) is 3.51. The third-order valence-corrected chi connectivity index (χ3v) is 2.14. The monoisotopic (exact) mass is 202 g/mol. The van der Waals surface area contributed by atoms with Crippen LogP contribution in [0.1, 0.15) is 0 Å². The summed E-state index contributed by atoms with van der Waals surface area (Å²) < 4.78 is 29.7. The second kappa shape index (κ2) is 3.11. The number of nitro groups is 1. The number of hydrogen-bond donors (Lipinski definition) is 1. The summed E-state index contributed by atoms with van der Waals surface area (Å²) in [6.45, 7) is 0. The van der Waals surface area contributed by atoms with Crippen molar-refractivity contribution in [3.8, 4) is 0 Å². The maximum Gasteiger partial charge on any atom is 0.301 e. The molecule has 0 saturated heterocycles. The van der Waals surface area contributed by atoms with Crippen molar-refractivity contribution in [2.45, 2.75) is 4.90 Å². The molecule has 0 aliphatic heterocycles. The highest BCUT2D eigenvalue weighted by Gasteiger charge is 2.22. The van der Waals surface area contributed by atoms with Crippen molar-refractivity contribution in [1.29, 1.82) is 0 Å². The Morgan fingerprint density at radius 2 is 2.15 bits per heavy atom. The Balaban J connectivity index is 3.46. The maximum absolute atomic E-state index is 10.6. The van der Waals surface area contributed by atoms with Crippen molar-refractivity contribution >= 4 is 15.8 Å². The number of rotatable bonds is 2. The average Bonchev–Trinajstić information content (AvgIpc) is 2.03. The molecule has 13 heavy (non-hydrogen) atoms. The molecule has 0 aliphatic rings. The summed E-state index contributed by atoms with van der Waals surface area (Å²) >= 11 is 0. The molecule has 1 aromatic rings. The van der Waals surface area contributed by atoms with Crippen LogP contribution in [0.25, 0.3) is 0 Å². The number of nitrogens with zero attached hydrogens (tertiary/aromatic N) is 1. The Hall–Kier alpha value is -1.47. The van der Waals surface area contributed by atoms with E-state index < -0.39 is 25.6 Å². The number of nitro benzene ring substituents is 1. The molecule has 0 heterocycles. The average molecular weight is 202 g/mol. The van der Waals surface area contributed by atoms with Crippen molar-refractivity contribution in [2.75, 3.05) is 0 Å². The summed E-state index contributed by atoms with van der Waals surface area (Å²) in [5.41, 5.74) is -0.759. The highest BCUT2D eigenvalue weighted by Crippen LogP contribution is 2.21. The van der Waals surface area contributed by atoms with Gasteiger partial charge in [0.05, 0.1) is 11.0 Å². The molecular formula is C6H4NO5S. The summed E-state index contributed by atoms with van der Waals surface area (Å²) in [7, 11) is -4.55. The van der Waals surface area contributed by atoms with E-state index in [1.807, 2.05) is 0 Å². The zero-order valence-corrected chi connectivity index (χ0v) is 6.98. The van der Waals surface area contributed by atoms with Gasteiger partial charge in [0.15, 0.2) is 4.90 Å². The van der Waals surface area contributed by atoms with Crippen molar-refractivity contribution in [3.63, 3.8) is 0 Å². The van der Waals surface area contributed by atoms with Crippen LogP contribution in [0.3, 0.4) is 0 Å². The zero-order valence-electron chi connectivity index (χ0n) is 6.17. The molecule has 1 aromatic carbocycles. The van der Waals surface area contributed by atoms with Gasteiger partial charge >= 0.3 is 10.1 Å². The first-order valence-electron chi connectivity index (χ1n) is 3.05. The molecule has 7 heteroatoms. The van der Waals surface area contributed by atoms with E-state index in [1.54, 1.807) is 0 Å². The second-order valence-electron chi connectivity index (χ2n) is 2.12. The lowest BCUT2D eigenvalue weighted by molar-refractivity contribution is -0.388. The van der Waals surface area contributed by atoms with Crippen LogP contribution in [0.5, 0.6) is 0 Å². The first-order chi connectivity index (χ1) is 5.93. The van der Waals surface area contributed by atoms with Crippen LogP contribution in [-0.2, 0) is 10.1 Å². The number of para-hydroxylation sites is 1. The van der Waals surface area contributed by atoms with Gasteiger partial charge in [0.2, 0.25) is 0 Å². The van der Waals surface area contributed by atoms with Gasteiger partial charge in [-0.05, 0) is 12.1 Å². The predicted molar refractivity (Wildman–Crippen MR) is 41.7 cm³/mol. The Kier molecular flexibility index (Phi) is 2.30. The molecule has 1 radical (unpaired) electrons. The molecule has 0 fully saturated rings. The van der Waals surface area contributed by atoms with E-state index in [0.717, 1.165) is 6.07 Å². The molecule has 0 spiro atoms.